The number of halogens is 3. The van der Waals surface area contributed by atoms with Crippen molar-refractivity contribution in [1.29, 1.82) is 0 Å². The smallest absolute Gasteiger partial charge is 0.322 e. The Morgan fingerprint density at radius 1 is 1.16 bits per heavy atom. The number of rotatable bonds is 5. The van der Waals surface area contributed by atoms with Crippen LogP contribution in [0.3, 0.4) is 0 Å². The highest BCUT2D eigenvalue weighted by Crippen LogP contribution is 2.38. The number of benzene rings is 1. The number of carbonyl (C=O) groups excluding carboxylic acids is 2. The van der Waals surface area contributed by atoms with Crippen molar-refractivity contribution in [3.8, 4) is 0 Å². The molecule has 31 heavy (non-hydrogen) atoms. The van der Waals surface area contributed by atoms with Gasteiger partial charge in [0.2, 0.25) is 0 Å². The Labute approximate surface area is 184 Å². The molecule has 0 saturated carbocycles. The van der Waals surface area contributed by atoms with E-state index in [0.717, 1.165) is 6.54 Å². The van der Waals surface area contributed by atoms with E-state index in [9.17, 15) is 22.8 Å². The van der Waals surface area contributed by atoms with Gasteiger partial charge >= 0.3 is 11.5 Å². The highest BCUT2D eigenvalue weighted by Gasteiger charge is 2.32. The maximum atomic E-state index is 13.3. The summed E-state index contributed by atoms with van der Waals surface area (Å²) in [4.78, 5) is 29.6. The number of nitrogens with zero attached hydrogens (tertiary/aromatic N) is 2. The first kappa shape index (κ1) is 23.8. The van der Waals surface area contributed by atoms with Crippen molar-refractivity contribution >= 4 is 29.3 Å². The van der Waals surface area contributed by atoms with Gasteiger partial charge in [-0.3, -0.25) is 9.69 Å². The van der Waals surface area contributed by atoms with Crippen LogP contribution in [0.2, 0.25) is 0 Å². The normalized spacial score (nSPS) is 20.7. The molecule has 2 heterocycles. The molecule has 1 aromatic rings. The Morgan fingerprint density at radius 2 is 1.87 bits per heavy atom. The third-order valence-corrected chi connectivity index (χ3v) is 6.11. The molecule has 0 unspecified atom stereocenters. The molecule has 1 atom stereocenters. The minimum absolute atomic E-state index is 0.0841. The van der Waals surface area contributed by atoms with Crippen LogP contribution in [0.15, 0.2) is 23.1 Å². The first-order valence-corrected chi connectivity index (χ1v) is 11.1. The standard InChI is InChI=1S/C20H28F3N5O2S/c1-13(2)28-10-7-25-17(12-28)18(29)15-11-14(31-20(21,22)23)3-4-16(15)26-19(30)27-8-5-24-6-9-27/h3-4,11,13,17,24-25H,5-10,12H2,1-2H3,(H,26,30)/t17-/m1/s1. The second kappa shape index (κ2) is 10.2. The van der Waals surface area contributed by atoms with Crippen LogP contribution < -0.4 is 16.0 Å². The topological polar surface area (TPSA) is 76.7 Å². The van der Waals surface area contributed by atoms with Crippen molar-refractivity contribution in [2.45, 2.75) is 36.3 Å². The zero-order valence-electron chi connectivity index (χ0n) is 17.6. The second-order valence-corrected chi connectivity index (χ2v) is 9.02. The number of hydrogen-bond donors (Lipinski definition) is 3. The predicted octanol–water partition coefficient (Wildman–Crippen LogP) is 2.60. The third-order valence-electron chi connectivity index (χ3n) is 5.39. The number of carbonyl (C=O) groups is 2. The van der Waals surface area contributed by atoms with Gasteiger partial charge in [0.25, 0.3) is 0 Å². The van der Waals surface area contributed by atoms with E-state index in [-0.39, 0.29) is 45.8 Å². The zero-order valence-corrected chi connectivity index (χ0v) is 18.4. The lowest BCUT2D eigenvalue weighted by Gasteiger charge is -2.35. The largest absolute Gasteiger partial charge is 0.446 e. The van der Waals surface area contributed by atoms with Gasteiger partial charge in [-0.15, -0.1) is 0 Å². The summed E-state index contributed by atoms with van der Waals surface area (Å²) in [5.74, 6) is -0.328. The molecule has 172 valence electrons. The van der Waals surface area contributed by atoms with Crippen molar-refractivity contribution in [3.63, 3.8) is 0 Å². The van der Waals surface area contributed by atoms with Crippen LogP contribution in [0.1, 0.15) is 24.2 Å². The van der Waals surface area contributed by atoms with E-state index in [1.807, 2.05) is 13.8 Å². The molecule has 0 radical (unpaired) electrons. The van der Waals surface area contributed by atoms with E-state index in [2.05, 4.69) is 20.9 Å². The summed E-state index contributed by atoms with van der Waals surface area (Å²) in [5, 5.41) is 9.04. The summed E-state index contributed by atoms with van der Waals surface area (Å²) in [6, 6.07) is 3.20. The molecule has 1 aromatic carbocycles. The van der Waals surface area contributed by atoms with Gasteiger partial charge in [0.1, 0.15) is 0 Å². The lowest BCUT2D eigenvalue weighted by atomic mass is 9.99. The van der Waals surface area contributed by atoms with E-state index < -0.39 is 11.6 Å². The molecule has 0 bridgehead atoms. The summed E-state index contributed by atoms with van der Waals surface area (Å²) in [6.45, 7) is 8.29. The van der Waals surface area contributed by atoms with Crippen LogP contribution in [0.5, 0.6) is 0 Å². The second-order valence-electron chi connectivity index (χ2n) is 7.88. The number of ketones is 1. The fourth-order valence-corrected chi connectivity index (χ4v) is 4.28. The highest BCUT2D eigenvalue weighted by atomic mass is 32.2. The average molecular weight is 460 g/mol. The summed E-state index contributed by atoms with van der Waals surface area (Å²) >= 11 is -0.274. The van der Waals surface area contributed by atoms with Crippen molar-refractivity contribution in [2.24, 2.45) is 0 Å². The molecule has 3 rings (SSSR count). The van der Waals surface area contributed by atoms with Crippen molar-refractivity contribution in [3.05, 3.63) is 23.8 Å². The average Bonchev–Trinajstić information content (AvgIpc) is 2.74. The van der Waals surface area contributed by atoms with Crippen molar-refractivity contribution in [1.82, 2.24) is 20.4 Å². The fraction of sp³-hybridized carbons (Fsp3) is 0.600. The molecule has 2 aliphatic heterocycles. The molecule has 2 aliphatic rings. The Bertz CT molecular complexity index is 800. The van der Waals surface area contributed by atoms with Gasteiger partial charge in [-0.25, -0.2) is 4.79 Å². The minimum atomic E-state index is -4.47. The van der Waals surface area contributed by atoms with E-state index in [4.69, 9.17) is 0 Å². The number of nitrogens with one attached hydrogen (secondary N) is 3. The van der Waals surface area contributed by atoms with Crippen LogP contribution in [0.4, 0.5) is 23.7 Å². The van der Waals surface area contributed by atoms with Gasteiger partial charge in [0.15, 0.2) is 5.78 Å². The number of urea groups is 1. The van der Waals surface area contributed by atoms with Crippen LogP contribution in [-0.2, 0) is 0 Å². The molecule has 2 saturated heterocycles. The maximum Gasteiger partial charge on any atom is 0.446 e. The minimum Gasteiger partial charge on any atom is -0.322 e. The van der Waals surface area contributed by atoms with Gasteiger partial charge in [0, 0.05) is 62.3 Å². The molecular weight excluding hydrogens is 431 g/mol. The van der Waals surface area contributed by atoms with E-state index >= 15 is 0 Å². The highest BCUT2D eigenvalue weighted by molar-refractivity contribution is 8.00. The Morgan fingerprint density at radius 3 is 2.52 bits per heavy atom. The number of alkyl halides is 3. The van der Waals surface area contributed by atoms with Crippen LogP contribution in [0.25, 0.3) is 0 Å². The zero-order chi connectivity index (χ0) is 22.6. The first-order valence-electron chi connectivity index (χ1n) is 10.3. The van der Waals surface area contributed by atoms with Gasteiger partial charge in [-0.2, -0.15) is 13.2 Å². The van der Waals surface area contributed by atoms with E-state index in [1.165, 1.54) is 18.2 Å². The summed E-state index contributed by atoms with van der Waals surface area (Å²) in [5.41, 5.74) is -4.16. The molecular formula is C20H28F3N5O2S. The van der Waals surface area contributed by atoms with Gasteiger partial charge in [-0.1, -0.05) is 0 Å². The molecule has 7 nitrogen and oxygen atoms in total. The number of anilines is 1. The van der Waals surface area contributed by atoms with Crippen LogP contribution in [-0.4, -0.2) is 85.0 Å². The molecule has 0 aromatic heterocycles. The van der Waals surface area contributed by atoms with Gasteiger partial charge in [-0.05, 0) is 43.8 Å². The van der Waals surface area contributed by atoms with E-state index in [1.54, 1.807) is 4.90 Å². The molecule has 11 heteroatoms. The Balaban J connectivity index is 1.85. The third kappa shape index (κ3) is 6.58. The van der Waals surface area contributed by atoms with E-state index in [0.29, 0.717) is 39.3 Å². The lowest BCUT2D eigenvalue weighted by Crippen LogP contribution is -2.56. The fourth-order valence-electron chi connectivity index (χ4n) is 3.70. The number of thioether (sulfide) groups is 1. The molecule has 0 spiro atoms. The van der Waals surface area contributed by atoms with Crippen LogP contribution >= 0.6 is 11.8 Å². The molecule has 2 amide bonds. The number of Topliss-reactive ketones (excluding diaryl/α,β-unsaturated/α-hetero) is 1. The first-order chi connectivity index (χ1) is 14.6. The summed E-state index contributed by atoms with van der Waals surface area (Å²) in [7, 11) is 0. The summed E-state index contributed by atoms with van der Waals surface area (Å²) < 4.78 is 38.7. The Hall–Kier alpha value is -1.82. The summed E-state index contributed by atoms with van der Waals surface area (Å²) in [6.07, 6.45) is 0. The van der Waals surface area contributed by atoms with Crippen LogP contribution in [0, 0.1) is 0 Å². The van der Waals surface area contributed by atoms with Gasteiger partial charge in [0.05, 0.1) is 11.7 Å². The monoisotopic (exact) mass is 459 g/mol. The number of piperazine rings is 2. The van der Waals surface area contributed by atoms with Crippen molar-refractivity contribution < 1.29 is 22.8 Å². The molecule has 2 fully saturated rings. The quantitative estimate of drug-likeness (QED) is 0.464. The van der Waals surface area contributed by atoms with Crippen molar-refractivity contribution in [2.75, 3.05) is 51.1 Å². The molecule has 0 aliphatic carbocycles. The lowest BCUT2D eigenvalue weighted by molar-refractivity contribution is -0.0328. The Kier molecular flexibility index (Phi) is 7.84. The number of hydrogen-bond acceptors (Lipinski definition) is 6. The van der Waals surface area contributed by atoms with Gasteiger partial charge < -0.3 is 20.9 Å². The molecule has 3 N–H and O–H groups in total. The SMILES string of the molecule is CC(C)N1CCN[C@@H](C(=O)c2cc(SC(F)(F)F)ccc2NC(=O)N2CCNCC2)C1. The maximum absolute atomic E-state index is 13.3. The predicted molar refractivity (Wildman–Crippen MR) is 115 cm³/mol. The number of amides is 2.